The maximum atomic E-state index is 11.9. The van der Waals surface area contributed by atoms with Gasteiger partial charge in [0, 0.05) is 17.6 Å². The van der Waals surface area contributed by atoms with Crippen molar-refractivity contribution < 1.29 is 4.39 Å². The summed E-state index contributed by atoms with van der Waals surface area (Å²) in [6.07, 6.45) is 2.92. The molecule has 0 aliphatic rings. The first-order valence-corrected chi connectivity index (χ1v) is 5.33. The van der Waals surface area contributed by atoms with Crippen LogP contribution in [0.3, 0.4) is 0 Å². The number of hydrogen-bond donors (Lipinski definition) is 1. The molecule has 0 fully saturated rings. The molecule has 0 saturated heterocycles. The molecule has 1 aromatic heterocycles. The fourth-order valence-electron chi connectivity index (χ4n) is 1.04. The van der Waals surface area contributed by atoms with Gasteiger partial charge >= 0.3 is 0 Å². The zero-order valence-electron chi connectivity index (χ0n) is 8.01. The topological polar surface area (TPSA) is 24.9 Å². The SMILES string of the molecule is CCc1cnc(C(C)NCCF)s1. The summed E-state index contributed by atoms with van der Waals surface area (Å²) in [7, 11) is 0. The van der Waals surface area contributed by atoms with E-state index >= 15 is 0 Å². The summed E-state index contributed by atoms with van der Waals surface area (Å²) >= 11 is 1.70. The van der Waals surface area contributed by atoms with E-state index in [-0.39, 0.29) is 12.7 Å². The Kier molecular flexibility index (Phi) is 4.32. The number of rotatable bonds is 5. The van der Waals surface area contributed by atoms with Gasteiger partial charge in [0.25, 0.3) is 0 Å². The van der Waals surface area contributed by atoms with Crippen molar-refractivity contribution in [3.63, 3.8) is 0 Å². The summed E-state index contributed by atoms with van der Waals surface area (Å²) in [5.74, 6) is 0. The number of thiazole rings is 1. The van der Waals surface area contributed by atoms with Gasteiger partial charge in [0.05, 0.1) is 6.04 Å². The molecule has 0 bridgehead atoms. The Balaban J connectivity index is 2.50. The third kappa shape index (κ3) is 3.04. The van der Waals surface area contributed by atoms with Crippen LogP contribution in [0, 0.1) is 0 Å². The van der Waals surface area contributed by atoms with Crippen LogP contribution in [0.2, 0.25) is 0 Å². The van der Waals surface area contributed by atoms with Crippen molar-refractivity contribution in [3.8, 4) is 0 Å². The Hall–Kier alpha value is -0.480. The highest BCUT2D eigenvalue weighted by atomic mass is 32.1. The highest BCUT2D eigenvalue weighted by Crippen LogP contribution is 2.19. The van der Waals surface area contributed by atoms with Gasteiger partial charge in [0.15, 0.2) is 0 Å². The summed E-state index contributed by atoms with van der Waals surface area (Å²) in [6.45, 7) is 4.20. The van der Waals surface area contributed by atoms with E-state index in [4.69, 9.17) is 0 Å². The van der Waals surface area contributed by atoms with Crippen molar-refractivity contribution >= 4 is 11.3 Å². The quantitative estimate of drug-likeness (QED) is 0.792. The third-order valence-electron chi connectivity index (χ3n) is 1.84. The molecule has 1 unspecified atom stereocenters. The summed E-state index contributed by atoms with van der Waals surface area (Å²) in [4.78, 5) is 5.55. The van der Waals surface area contributed by atoms with E-state index in [1.54, 1.807) is 11.3 Å². The van der Waals surface area contributed by atoms with Crippen LogP contribution < -0.4 is 5.32 Å². The van der Waals surface area contributed by atoms with Crippen molar-refractivity contribution in [1.29, 1.82) is 0 Å². The number of alkyl halides is 1. The maximum Gasteiger partial charge on any atom is 0.109 e. The molecule has 1 heterocycles. The lowest BCUT2D eigenvalue weighted by Gasteiger charge is -2.08. The smallest absolute Gasteiger partial charge is 0.109 e. The molecule has 0 aliphatic heterocycles. The molecular formula is C9H15FN2S. The Morgan fingerprint density at radius 1 is 1.69 bits per heavy atom. The van der Waals surface area contributed by atoms with Gasteiger partial charge in [-0.15, -0.1) is 11.3 Å². The van der Waals surface area contributed by atoms with Crippen LogP contribution in [0.4, 0.5) is 4.39 Å². The zero-order chi connectivity index (χ0) is 9.68. The van der Waals surface area contributed by atoms with Crippen LogP contribution in [0.15, 0.2) is 6.20 Å². The van der Waals surface area contributed by atoms with Crippen molar-refractivity contribution in [1.82, 2.24) is 10.3 Å². The fourth-order valence-corrected chi connectivity index (χ4v) is 1.93. The van der Waals surface area contributed by atoms with Crippen molar-refractivity contribution in [2.24, 2.45) is 0 Å². The van der Waals surface area contributed by atoms with Gasteiger partial charge in [-0.1, -0.05) is 6.92 Å². The fraction of sp³-hybridized carbons (Fsp3) is 0.667. The maximum absolute atomic E-state index is 11.9. The van der Waals surface area contributed by atoms with Gasteiger partial charge < -0.3 is 5.32 Å². The molecule has 4 heteroatoms. The lowest BCUT2D eigenvalue weighted by molar-refractivity contribution is 0.444. The summed E-state index contributed by atoms with van der Waals surface area (Å²) in [5.41, 5.74) is 0. The molecule has 0 amide bonds. The van der Waals surface area contributed by atoms with Gasteiger partial charge in [0.1, 0.15) is 11.7 Å². The Morgan fingerprint density at radius 2 is 2.46 bits per heavy atom. The molecule has 0 radical (unpaired) electrons. The number of hydrogen-bond acceptors (Lipinski definition) is 3. The average Bonchev–Trinajstić information content (AvgIpc) is 2.62. The van der Waals surface area contributed by atoms with E-state index in [9.17, 15) is 4.39 Å². The van der Waals surface area contributed by atoms with Crippen molar-refractivity contribution in [2.45, 2.75) is 26.3 Å². The standard InChI is InChI=1S/C9H15FN2S/c1-3-8-6-12-9(13-8)7(2)11-5-4-10/h6-7,11H,3-5H2,1-2H3. The molecule has 1 rings (SSSR count). The molecule has 0 spiro atoms. The second-order valence-corrected chi connectivity index (χ2v) is 4.03. The predicted octanol–water partition coefficient (Wildman–Crippen LogP) is 2.33. The van der Waals surface area contributed by atoms with E-state index < -0.39 is 0 Å². The van der Waals surface area contributed by atoms with E-state index in [1.165, 1.54) is 4.88 Å². The Labute approximate surface area is 82.2 Å². The van der Waals surface area contributed by atoms with Crippen LogP contribution in [-0.2, 0) is 6.42 Å². The van der Waals surface area contributed by atoms with E-state index in [0.717, 1.165) is 11.4 Å². The average molecular weight is 202 g/mol. The lowest BCUT2D eigenvalue weighted by atomic mass is 10.3. The molecule has 13 heavy (non-hydrogen) atoms. The number of nitrogens with zero attached hydrogens (tertiary/aromatic N) is 1. The molecule has 1 atom stereocenters. The summed E-state index contributed by atoms with van der Waals surface area (Å²) < 4.78 is 11.9. The molecule has 74 valence electrons. The second kappa shape index (κ2) is 5.29. The molecule has 0 saturated carbocycles. The highest BCUT2D eigenvalue weighted by molar-refractivity contribution is 7.11. The first-order valence-electron chi connectivity index (χ1n) is 4.51. The molecule has 2 nitrogen and oxygen atoms in total. The van der Waals surface area contributed by atoms with Crippen LogP contribution in [0.1, 0.15) is 29.8 Å². The van der Waals surface area contributed by atoms with E-state index in [0.29, 0.717) is 6.54 Å². The highest BCUT2D eigenvalue weighted by Gasteiger charge is 2.08. The van der Waals surface area contributed by atoms with Crippen LogP contribution in [-0.4, -0.2) is 18.2 Å². The minimum atomic E-state index is -0.323. The minimum absolute atomic E-state index is 0.168. The number of nitrogens with one attached hydrogen (secondary N) is 1. The second-order valence-electron chi connectivity index (χ2n) is 2.88. The van der Waals surface area contributed by atoms with Gasteiger partial charge in [-0.3, -0.25) is 0 Å². The summed E-state index contributed by atoms with van der Waals surface area (Å²) in [5, 5.41) is 4.11. The monoisotopic (exact) mass is 202 g/mol. The first kappa shape index (κ1) is 10.6. The van der Waals surface area contributed by atoms with Crippen LogP contribution in [0.5, 0.6) is 0 Å². The van der Waals surface area contributed by atoms with Crippen LogP contribution in [0.25, 0.3) is 0 Å². The van der Waals surface area contributed by atoms with E-state index in [1.807, 2.05) is 13.1 Å². The number of halogens is 1. The molecule has 0 aromatic carbocycles. The Morgan fingerprint density at radius 3 is 3.00 bits per heavy atom. The Bertz CT molecular complexity index is 250. The minimum Gasteiger partial charge on any atom is -0.306 e. The van der Waals surface area contributed by atoms with Gasteiger partial charge in [-0.25, -0.2) is 9.37 Å². The van der Waals surface area contributed by atoms with Gasteiger partial charge in [-0.05, 0) is 13.3 Å². The largest absolute Gasteiger partial charge is 0.306 e. The molecular weight excluding hydrogens is 187 g/mol. The molecule has 0 aliphatic carbocycles. The number of aryl methyl sites for hydroxylation is 1. The van der Waals surface area contributed by atoms with Gasteiger partial charge in [-0.2, -0.15) is 0 Å². The molecule has 1 aromatic rings. The first-order chi connectivity index (χ1) is 6.27. The number of aromatic nitrogens is 1. The lowest BCUT2D eigenvalue weighted by Crippen LogP contribution is -2.20. The van der Waals surface area contributed by atoms with Crippen LogP contribution >= 0.6 is 11.3 Å². The normalized spacial score (nSPS) is 13.2. The van der Waals surface area contributed by atoms with Gasteiger partial charge in [0.2, 0.25) is 0 Å². The third-order valence-corrected chi connectivity index (χ3v) is 3.16. The van der Waals surface area contributed by atoms with Crippen molar-refractivity contribution in [3.05, 3.63) is 16.1 Å². The van der Waals surface area contributed by atoms with E-state index in [2.05, 4.69) is 17.2 Å². The predicted molar refractivity (Wildman–Crippen MR) is 53.9 cm³/mol. The summed E-state index contributed by atoms with van der Waals surface area (Å²) in [6, 6.07) is 0.168. The zero-order valence-corrected chi connectivity index (χ0v) is 8.83. The molecule has 1 N–H and O–H groups in total. The van der Waals surface area contributed by atoms with Crippen molar-refractivity contribution in [2.75, 3.05) is 13.2 Å².